The number of hydrogen-bond acceptors (Lipinski definition) is 4. The third-order valence-corrected chi connectivity index (χ3v) is 3.24. The summed E-state index contributed by atoms with van der Waals surface area (Å²) in [5.74, 6) is -0.540. The van der Waals surface area contributed by atoms with Crippen LogP contribution in [0.5, 0.6) is 0 Å². The minimum absolute atomic E-state index is 0.0879. The standard InChI is InChI=1S/C13H15F3N2O3/c14-13(15,16)10-5-8(1-2-11(10)17)12(20)18-3-4-21-9(6-18)7-19/h1-2,5,9,19H,3-4,6-7,17H2. The fraction of sp³-hybridized carbons (Fsp3) is 0.462. The number of nitrogens with zero attached hydrogens (tertiary/aromatic N) is 1. The average molecular weight is 304 g/mol. The average Bonchev–Trinajstić information content (AvgIpc) is 2.46. The molecule has 1 saturated heterocycles. The summed E-state index contributed by atoms with van der Waals surface area (Å²) >= 11 is 0. The SMILES string of the molecule is Nc1ccc(C(=O)N2CCOC(CO)C2)cc1C(F)(F)F. The van der Waals surface area contributed by atoms with Crippen LogP contribution in [0.2, 0.25) is 0 Å². The molecule has 3 N–H and O–H groups in total. The topological polar surface area (TPSA) is 75.8 Å². The molecule has 0 aliphatic carbocycles. The first kappa shape index (κ1) is 15.6. The van der Waals surface area contributed by atoms with E-state index in [1.54, 1.807) is 0 Å². The fourth-order valence-electron chi connectivity index (χ4n) is 2.13. The maximum absolute atomic E-state index is 12.8. The number of nitrogens with two attached hydrogens (primary N) is 1. The van der Waals surface area contributed by atoms with Crippen molar-refractivity contribution in [1.29, 1.82) is 0 Å². The molecule has 0 radical (unpaired) electrons. The second kappa shape index (κ2) is 5.90. The highest BCUT2D eigenvalue weighted by molar-refractivity contribution is 5.95. The summed E-state index contributed by atoms with van der Waals surface area (Å²) in [6.07, 6.45) is -5.13. The van der Waals surface area contributed by atoms with Crippen molar-refractivity contribution in [2.24, 2.45) is 0 Å². The Morgan fingerprint density at radius 3 is 2.81 bits per heavy atom. The number of nitrogen functional groups attached to an aromatic ring is 1. The van der Waals surface area contributed by atoms with Crippen LogP contribution in [-0.2, 0) is 10.9 Å². The molecule has 21 heavy (non-hydrogen) atoms. The van der Waals surface area contributed by atoms with E-state index >= 15 is 0 Å². The van der Waals surface area contributed by atoms with Gasteiger partial charge in [0.2, 0.25) is 0 Å². The van der Waals surface area contributed by atoms with Crippen molar-refractivity contribution in [3.63, 3.8) is 0 Å². The first-order chi connectivity index (χ1) is 9.82. The lowest BCUT2D eigenvalue weighted by atomic mass is 10.1. The molecule has 1 aliphatic heterocycles. The molecule has 1 amide bonds. The predicted octanol–water partition coefficient (Wildman–Crippen LogP) is 1.12. The number of benzene rings is 1. The van der Waals surface area contributed by atoms with Crippen LogP contribution in [0.1, 0.15) is 15.9 Å². The van der Waals surface area contributed by atoms with Gasteiger partial charge < -0.3 is 20.5 Å². The van der Waals surface area contributed by atoms with Crippen LogP contribution in [-0.4, -0.2) is 48.3 Å². The fourth-order valence-corrected chi connectivity index (χ4v) is 2.13. The summed E-state index contributed by atoms with van der Waals surface area (Å²) in [5, 5.41) is 9.02. The third-order valence-electron chi connectivity index (χ3n) is 3.24. The number of rotatable bonds is 2. The van der Waals surface area contributed by atoms with Gasteiger partial charge in [0.05, 0.1) is 24.9 Å². The molecule has 8 heteroatoms. The molecule has 0 spiro atoms. The number of amides is 1. The molecule has 1 aromatic carbocycles. The first-order valence-corrected chi connectivity index (χ1v) is 6.31. The summed E-state index contributed by atoms with van der Waals surface area (Å²) in [6.45, 7) is 0.388. The molecule has 0 bridgehead atoms. The highest BCUT2D eigenvalue weighted by atomic mass is 19.4. The lowest BCUT2D eigenvalue weighted by molar-refractivity contribution is -0.136. The summed E-state index contributed by atoms with van der Waals surface area (Å²) in [7, 11) is 0. The largest absolute Gasteiger partial charge is 0.418 e. The predicted molar refractivity (Wildman–Crippen MR) is 68.6 cm³/mol. The molecule has 0 saturated carbocycles. The number of aliphatic hydroxyl groups excluding tert-OH is 1. The van der Waals surface area contributed by atoms with Crippen molar-refractivity contribution in [2.75, 3.05) is 32.0 Å². The van der Waals surface area contributed by atoms with E-state index in [2.05, 4.69) is 0 Å². The molecule has 5 nitrogen and oxygen atoms in total. The molecule has 116 valence electrons. The van der Waals surface area contributed by atoms with Crippen LogP contribution >= 0.6 is 0 Å². The smallest absolute Gasteiger partial charge is 0.398 e. The lowest BCUT2D eigenvalue weighted by Gasteiger charge is -2.32. The van der Waals surface area contributed by atoms with Crippen LogP contribution in [0.25, 0.3) is 0 Å². The molecule has 1 fully saturated rings. The van der Waals surface area contributed by atoms with E-state index in [0.29, 0.717) is 0 Å². The van der Waals surface area contributed by atoms with Gasteiger partial charge in [-0.2, -0.15) is 13.2 Å². The van der Waals surface area contributed by atoms with Crippen molar-refractivity contribution in [1.82, 2.24) is 4.90 Å². The zero-order chi connectivity index (χ0) is 15.6. The molecule has 1 atom stereocenters. The van der Waals surface area contributed by atoms with Crippen molar-refractivity contribution in [2.45, 2.75) is 12.3 Å². The number of carbonyl (C=O) groups excluding carboxylic acids is 1. The molecule has 1 aromatic rings. The van der Waals surface area contributed by atoms with Crippen molar-refractivity contribution in [3.8, 4) is 0 Å². The number of morpholine rings is 1. The summed E-state index contributed by atoms with van der Waals surface area (Å²) in [4.78, 5) is 13.6. The Hall–Kier alpha value is -1.80. The van der Waals surface area contributed by atoms with Crippen LogP contribution in [0, 0.1) is 0 Å². The highest BCUT2D eigenvalue weighted by Crippen LogP contribution is 2.34. The third kappa shape index (κ3) is 3.45. The van der Waals surface area contributed by atoms with Crippen LogP contribution in [0.4, 0.5) is 18.9 Å². The highest BCUT2D eigenvalue weighted by Gasteiger charge is 2.34. The van der Waals surface area contributed by atoms with E-state index in [0.717, 1.165) is 12.1 Å². The molecule has 1 unspecified atom stereocenters. The van der Waals surface area contributed by atoms with Crippen molar-refractivity contribution >= 4 is 11.6 Å². The summed E-state index contributed by atoms with van der Waals surface area (Å²) in [5.41, 5.74) is 3.76. The van der Waals surface area contributed by atoms with Gasteiger partial charge in [0.15, 0.2) is 0 Å². The normalized spacial score (nSPS) is 19.6. The Bertz CT molecular complexity index is 534. The Morgan fingerprint density at radius 1 is 1.48 bits per heavy atom. The number of alkyl halides is 3. The van der Waals surface area contributed by atoms with E-state index in [9.17, 15) is 18.0 Å². The van der Waals surface area contributed by atoms with Gasteiger partial charge in [0.25, 0.3) is 5.91 Å². The molecule has 0 aromatic heterocycles. The van der Waals surface area contributed by atoms with Crippen molar-refractivity contribution in [3.05, 3.63) is 29.3 Å². The number of halogens is 3. The maximum Gasteiger partial charge on any atom is 0.418 e. The van der Waals surface area contributed by atoms with Gasteiger partial charge in [0.1, 0.15) is 0 Å². The Kier molecular flexibility index (Phi) is 4.38. The maximum atomic E-state index is 12.8. The molecule has 1 heterocycles. The molecule has 1 aliphatic rings. The number of anilines is 1. The quantitative estimate of drug-likeness (QED) is 0.803. The number of hydrogen-bond donors (Lipinski definition) is 2. The van der Waals surface area contributed by atoms with Crippen LogP contribution < -0.4 is 5.73 Å². The van der Waals surface area contributed by atoms with E-state index in [1.807, 2.05) is 0 Å². The number of carbonyl (C=O) groups is 1. The van der Waals surface area contributed by atoms with Gasteiger partial charge in [-0.25, -0.2) is 0 Å². The number of aliphatic hydroxyl groups is 1. The lowest BCUT2D eigenvalue weighted by Crippen LogP contribution is -2.46. The first-order valence-electron chi connectivity index (χ1n) is 6.31. The molecular formula is C13H15F3N2O3. The Balaban J connectivity index is 2.23. The zero-order valence-corrected chi connectivity index (χ0v) is 11.1. The second-order valence-electron chi connectivity index (χ2n) is 4.73. The van der Waals surface area contributed by atoms with Gasteiger partial charge in [-0.1, -0.05) is 0 Å². The monoisotopic (exact) mass is 304 g/mol. The minimum atomic E-state index is -4.61. The van der Waals surface area contributed by atoms with E-state index in [-0.39, 0.29) is 31.9 Å². The van der Waals surface area contributed by atoms with Crippen molar-refractivity contribution < 1.29 is 27.8 Å². The van der Waals surface area contributed by atoms with Gasteiger partial charge in [-0.3, -0.25) is 4.79 Å². The minimum Gasteiger partial charge on any atom is -0.398 e. The van der Waals surface area contributed by atoms with E-state index < -0.39 is 29.4 Å². The van der Waals surface area contributed by atoms with Gasteiger partial charge in [0, 0.05) is 24.3 Å². The Labute approximate surface area is 119 Å². The summed E-state index contributed by atoms with van der Waals surface area (Å²) in [6, 6.07) is 3.08. The van der Waals surface area contributed by atoms with Crippen LogP contribution in [0.15, 0.2) is 18.2 Å². The molecule has 2 rings (SSSR count). The molecular weight excluding hydrogens is 289 g/mol. The Morgan fingerprint density at radius 2 is 2.19 bits per heavy atom. The zero-order valence-electron chi connectivity index (χ0n) is 11.1. The van der Waals surface area contributed by atoms with Gasteiger partial charge >= 0.3 is 6.18 Å². The second-order valence-corrected chi connectivity index (χ2v) is 4.73. The van der Waals surface area contributed by atoms with E-state index in [4.69, 9.17) is 15.6 Å². The van der Waals surface area contributed by atoms with Gasteiger partial charge in [-0.15, -0.1) is 0 Å². The van der Waals surface area contributed by atoms with E-state index in [1.165, 1.54) is 11.0 Å². The summed E-state index contributed by atoms with van der Waals surface area (Å²) < 4.78 is 43.6. The van der Waals surface area contributed by atoms with Gasteiger partial charge in [-0.05, 0) is 18.2 Å². The van der Waals surface area contributed by atoms with Crippen LogP contribution in [0.3, 0.4) is 0 Å². The number of ether oxygens (including phenoxy) is 1.